The van der Waals surface area contributed by atoms with Crippen LogP contribution in [0, 0.1) is 0 Å². The molecule has 0 aliphatic rings. The summed E-state index contributed by atoms with van der Waals surface area (Å²) < 4.78 is 30.0. The lowest BCUT2D eigenvalue weighted by Crippen LogP contribution is -2.46. The molecule has 0 amide bonds. The summed E-state index contributed by atoms with van der Waals surface area (Å²) in [5, 5.41) is -0.116. The molecule has 0 spiro atoms. The number of benzene rings is 4. The number of hydrogen-bond donors (Lipinski definition) is 0. The average molecular weight is 627 g/mol. The van der Waals surface area contributed by atoms with Crippen molar-refractivity contribution < 1.29 is 33.0 Å². The molecule has 7 nitrogen and oxygen atoms in total. The third-order valence-corrected chi connectivity index (χ3v) is 12.3. The van der Waals surface area contributed by atoms with Gasteiger partial charge in [-0.2, -0.15) is 0 Å². The molecule has 0 bridgehead atoms. The van der Waals surface area contributed by atoms with Gasteiger partial charge in [0, 0.05) is 0 Å². The van der Waals surface area contributed by atoms with Crippen LogP contribution >= 0.6 is 0 Å². The Kier molecular flexibility index (Phi) is 11.6. The average Bonchev–Trinajstić information content (AvgIpc) is 3.04. The number of rotatable bonds is 14. The van der Waals surface area contributed by atoms with Gasteiger partial charge in [-0.05, 0) is 53.5 Å². The molecular weight excluding hydrogens is 584 g/mol. The van der Waals surface area contributed by atoms with E-state index in [1.54, 1.807) is 48.5 Å². The fourth-order valence-electron chi connectivity index (χ4n) is 4.20. The predicted molar refractivity (Wildman–Crippen MR) is 177 cm³/mol. The Morgan fingerprint density at radius 2 is 0.978 bits per heavy atom. The molecule has 0 unspecified atom stereocenters. The molecule has 0 aliphatic carbocycles. The summed E-state index contributed by atoms with van der Waals surface area (Å²) in [5.74, 6) is -0.250. The fraction of sp³-hybridized carbons (Fsp3) is 0.297. The molecular formula is C37H42O7Si. The highest BCUT2D eigenvalue weighted by atomic mass is 28.4. The predicted octanol–water partition coefficient (Wildman–Crippen LogP) is 8.25. The van der Waals surface area contributed by atoms with Gasteiger partial charge in [-0.15, -0.1) is 0 Å². The summed E-state index contributed by atoms with van der Waals surface area (Å²) in [6.07, 6.45) is -0.673. The highest BCUT2D eigenvalue weighted by Crippen LogP contribution is 2.37. The van der Waals surface area contributed by atoms with Gasteiger partial charge in [0.05, 0.1) is 0 Å². The standard InChI is InChI=1S/C37H42O7Si/c1-37(2,3)45(4,5)44-30(26-42-35(38)31-20-12-14-22-33(31)40-24-28-16-8-6-9-17-28)27-43-36(39)32-21-13-15-23-34(32)41-25-29-18-10-7-11-19-29/h6-23,30H,24-27H2,1-5H3. The summed E-state index contributed by atoms with van der Waals surface area (Å²) in [6.45, 7) is 11.0. The number of para-hydroxylation sites is 2. The number of carbonyl (C=O) groups excluding carboxylic acids is 2. The normalized spacial score (nSPS) is 11.6. The van der Waals surface area contributed by atoms with E-state index in [-0.39, 0.29) is 18.3 Å². The molecule has 4 aromatic carbocycles. The second kappa shape index (κ2) is 15.5. The zero-order valence-corrected chi connectivity index (χ0v) is 27.7. The van der Waals surface area contributed by atoms with Crippen molar-refractivity contribution in [3.05, 3.63) is 131 Å². The van der Waals surface area contributed by atoms with Crippen molar-refractivity contribution in [3.8, 4) is 11.5 Å². The summed E-state index contributed by atoms with van der Waals surface area (Å²) >= 11 is 0. The SMILES string of the molecule is CC(C)(C)[Si](C)(C)OC(COC(=O)c1ccccc1OCc1ccccc1)COC(=O)c1ccccc1OCc1ccccc1. The Balaban J connectivity index is 1.43. The van der Waals surface area contributed by atoms with Gasteiger partial charge in [-0.1, -0.05) is 106 Å². The first kappa shape index (κ1) is 33.5. The highest BCUT2D eigenvalue weighted by Gasteiger charge is 2.40. The van der Waals surface area contributed by atoms with Crippen molar-refractivity contribution in [1.29, 1.82) is 0 Å². The molecule has 0 N–H and O–H groups in total. The van der Waals surface area contributed by atoms with Crippen molar-refractivity contribution in [2.45, 2.75) is 58.2 Å². The lowest BCUT2D eigenvalue weighted by Gasteiger charge is -2.38. The van der Waals surface area contributed by atoms with Gasteiger partial charge in [0.15, 0.2) is 8.32 Å². The van der Waals surface area contributed by atoms with Crippen LogP contribution < -0.4 is 9.47 Å². The molecule has 4 aromatic rings. The third-order valence-electron chi connectivity index (χ3n) is 7.76. The van der Waals surface area contributed by atoms with Crippen LogP contribution in [0.5, 0.6) is 11.5 Å². The van der Waals surface area contributed by atoms with Gasteiger partial charge in [0.25, 0.3) is 0 Å². The van der Waals surface area contributed by atoms with E-state index in [0.717, 1.165) is 11.1 Å². The molecule has 0 fully saturated rings. The Hall–Kier alpha value is -4.40. The van der Waals surface area contributed by atoms with Crippen LogP contribution in [0.25, 0.3) is 0 Å². The molecule has 0 aliphatic heterocycles. The van der Waals surface area contributed by atoms with Crippen LogP contribution in [0.4, 0.5) is 0 Å². The molecule has 0 saturated heterocycles. The molecule has 45 heavy (non-hydrogen) atoms. The minimum Gasteiger partial charge on any atom is -0.488 e. The first-order valence-electron chi connectivity index (χ1n) is 15.1. The van der Waals surface area contributed by atoms with Crippen LogP contribution in [0.3, 0.4) is 0 Å². The molecule has 0 atom stereocenters. The van der Waals surface area contributed by atoms with Gasteiger partial charge in [0.1, 0.15) is 55.2 Å². The maximum atomic E-state index is 13.3. The smallest absolute Gasteiger partial charge is 0.342 e. The van der Waals surface area contributed by atoms with E-state index in [2.05, 4.69) is 33.9 Å². The molecule has 236 valence electrons. The van der Waals surface area contributed by atoms with Gasteiger partial charge in [-0.3, -0.25) is 0 Å². The first-order chi connectivity index (χ1) is 21.5. The van der Waals surface area contributed by atoms with E-state index < -0.39 is 26.4 Å². The van der Waals surface area contributed by atoms with Crippen LogP contribution in [0.1, 0.15) is 52.6 Å². The molecule has 0 aromatic heterocycles. The van der Waals surface area contributed by atoms with E-state index in [1.807, 2.05) is 60.7 Å². The van der Waals surface area contributed by atoms with Gasteiger partial charge in [0.2, 0.25) is 0 Å². The monoisotopic (exact) mass is 626 g/mol. The molecule has 8 heteroatoms. The van der Waals surface area contributed by atoms with Crippen LogP contribution in [-0.4, -0.2) is 39.6 Å². The lowest BCUT2D eigenvalue weighted by molar-refractivity contribution is -0.000806. The van der Waals surface area contributed by atoms with Gasteiger partial charge in [-0.25, -0.2) is 9.59 Å². The summed E-state index contributed by atoms with van der Waals surface area (Å²) in [6, 6.07) is 33.4. The summed E-state index contributed by atoms with van der Waals surface area (Å²) in [5.41, 5.74) is 2.58. The minimum atomic E-state index is -2.32. The minimum absolute atomic E-state index is 0.0994. The number of esters is 2. The Morgan fingerprint density at radius 3 is 1.38 bits per heavy atom. The van der Waals surface area contributed by atoms with Crippen LogP contribution in [0.15, 0.2) is 109 Å². The number of hydrogen-bond acceptors (Lipinski definition) is 7. The maximum Gasteiger partial charge on any atom is 0.342 e. The van der Waals surface area contributed by atoms with E-state index in [1.165, 1.54) is 0 Å². The van der Waals surface area contributed by atoms with E-state index in [0.29, 0.717) is 35.8 Å². The number of carbonyl (C=O) groups is 2. The third kappa shape index (κ3) is 9.79. The van der Waals surface area contributed by atoms with Crippen molar-refractivity contribution in [3.63, 3.8) is 0 Å². The zero-order chi connectivity index (χ0) is 32.3. The first-order valence-corrected chi connectivity index (χ1v) is 18.0. The van der Waals surface area contributed by atoms with E-state index in [9.17, 15) is 9.59 Å². The maximum absolute atomic E-state index is 13.3. The highest BCUT2D eigenvalue weighted by molar-refractivity contribution is 6.74. The van der Waals surface area contributed by atoms with Crippen molar-refractivity contribution in [2.75, 3.05) is 13.2 Å². The Bertz CT molecular complexity index is 1430. The fourth-order valence-corrected chi connectivity index (χ4v) is 5.52. The Morgan fingerprint density at radius 1 is 0.600 bits per heavy atom. The quantitative estimate of drug-likeness (QED) is 0.103. The Labute approximate surface area is 267 Å². The molecule has 4 rings (SSSR count). The molecule has 0 heterocycles. The summed E-state index contributed by atoms with van der Waals surface area (Å²) in [4.78, 5) is 26.5. The topological polar surface area (TPSA) is 80.3 Å². The lowest BCUT2D eigenvalue weighted by atomic mass is 10.2. The van der Waals surface area contributed by atoms with Crippen LogP contribution in [0.2, 0.25) is 18.1 Å². The van der Waals surface area contributed by atoms with Crippen LogP contribution in [-0.2, 0) is 27.1 Å². The molecule has 0 saturated carbocycles. The van der Waals surface area contributed by atoms with E-state index in [4.69, 9.17) is 23.4 Å². The zero-order valence-electron chi connectivity index (χ0n) is 26.7. The van der Waals surface area contributed by atoms with Crippen molar-refractivity contribution >= 4 is 20.3 Å². The van der Waals surface area contributed by atoms with Crippen molar-refractivity contribution in [2.24, 2.45) is 0 Å². The summed E-state index contributed by atoms with van der Waals surface area (Å²) in [7, 11) is -2.32. The number of ether oxygens (including phenoxy) is 4. The largest absolute Gasteiger partial charge is 0.488 e. The van der Waals surface area contributed by atoms with Gasteiger partial charge >= 0.3 is 11.9 Å². The van der Waals surface area contributed by atoms with E-state index >= 15 is 0 Å². The molecule has 0 radical (unpaired) electrons. The van der Waals surface area contributed by atoms with Gasteiger partial charge < -0.3 is 23.4 Å². The second-order valence-electron chi connectivity index (χ2n) is 12.2. The second-order valence-corrected chi connectivity index (χ2v) is 17.0. The van der Waals surface area contributed by atoms with Crippen molar-refractivity contribution in [1.82, 2.24) is 0 Å².